The van der Waals surface area contributed by atoms with Crippen molar-refractivity contribution in [2.24, 2.45) is 5.92 Å². The highest BCUT2D eigenvalue weighted by Crippen LogP contribution is 2.33. The molecule has 1 aromatic carbocycles. The summed E-state index contributed by atoms with van der Waals surface area (Å²) in [6.45, 7) is 2.94. The molecule has 5 nitrogen and oxygen atoms in total. The molecule has 2 aliphatic rings. The topological polar surface area (TPSA) is 70.0 Å². The first-order chi connectivity index (χ1) is 13.1. The Kier molecular flexibility index (Phi) is 5.72. The molecule has 28 heavy (non-hydrogen) atoms. The van der Waals surface area contributed by atoms with E-state index in [9.17, 15) is 23.1 Å². The van der Waals surface area contributed by atoms with Crippen LogP contribution in [0.2, 0.25) is 0 Å². The van der Waals surface area contributed by atoms with E-state index in [1.807, 2.05) is 17.0 Å². The average Bonchev–Trinajstić information content (AvgIpc) is 2.56. The standard InChI is InChI=1S/C20H24F3NO4/c1-13-7-15-9-17(28-6-2-5-20(21,22)23)4-3-14(15)8-16(13)10-24-11-19(27,12-24)18(25)26/h3-4,8-9,13,27H,2,5-7,10-12H2,1H3,(H,25,26)/t13-/m0/s1. The van der Waals surface area contributed by atoms with Gasteiger partial charge in [0.2, 0.25) is 0 Å². The van der Waals surface area contributed by atoms with Gasteiger partial charge in [-0.2, -0.15) is 13.2 Å². The van der Waals surface area contributed by atoms with Crippen molar-refractivity contribution in [3.05, 3.63) is 34.9 Å². The van der Waals surface area contributed by atoms with E-state index < -0.39 is 24.2 Å². The number of aliphatic hydroxyl groups is 1. The largest absolute Gasteiger partial charge is 0.494 e. The van der Waals surface area contributed by atoms with E-state index in [4.69, 9.17) is 9.84 Å². The summed E-state index contributed by atoms with van der Waals surface area (Å²) in [5.74, 6) is -0.381. The lowest BCUT2D eigenvalue weighted by Gasteiger charge is -2.44. The van der Waals surface area contributed by atoms with Gasteiger partial charge in [0.15, 0.2) is 5.60 Å². The van der Waals surface area contributed by atoms with Crippen LogP contribution in [0.25, 0.3) is 6.08 Å². The molecule has 154 valence electrons. The molecule has 0 radical (unpaired) electrons. The van der Waals surface area contributed by atoms with Gasteiger partial charge in [0.25, 0.3) is 0 Å². The number of alkyl halides is 3. The van der Waals surface area contributed by atoms with E-state index in [2.05, 4.69) is 13.0 Å². The Hall–Kier alpha value is -2.06. The van der Waals surface area contributed by atoms with Crippen molar-refractivity contribution in [2.45, 2.75) is 38.0 Å². The summed E-state index contributed by atoms with van der Waals surface area (Å²) in [6, 6.07) is 5.52. The number of carbonyl (C=O) groups is 1. The summed E-state index contributed by atoms with van der Waals surface area (Å²) in [4.78, 5) is 12.9. The number of β-amino-alcohol motifs (C(OH)–C–C–N with tert-alkyl or cyclic N) is 1. The van der Waals surface area contributed by atoms with Crippen LogP contribution in [0.4, 0.5) is 13.2 Å². The summed E-state index contributed by atoms with van der Waals surface area (Å²) in [6.07, 6.45) is -2.24. The lowest BCUT2D eigenvalue weighted by atomic mass is 9.83. The van der Waals surface area contributed by atoms with Crippen LogP contribution in [-0.2, 0) is 11.2 Å². The van der Waals surface area contributed by atoms with Crippen LogP contribution >= 0.6 is 0 Å². The maximum absolute atomic E-state index is 12.2. The Bertz CT molecular complexity index is 769. The second kappa shape index (κ2) is 7.75. The molecule has 1 aliphatic heterocycles. The molecule has 1 saturated heterocycles. The molecule has 3 rings (SSSR count). The number of aliphatic carboxylic acids is 1. The fourth-order valence-corrected chi connectivity index (χ4v) is 3.66. The van der Waals surface area contributed by atoms with Gasteiger partial charge in [0, 0.05) is 26.1 Å². The molecule has 0 bridgehead atoms. The number of fused-ring (bicyclic) bond motifs is 1. The molecule has 1 atom stereocenters. The normalized spacial score (nSPS) is 21.5. The molecule has 1 fully saturated rings. The van der Waals surface area contributed by atoms with Crippen molar-refractivity contribution in [1.29, 1.82) is 0 Å². The molecule has 1 heterocycles. The highest BCUT2D eigenvalue weighted by Gasteiger charge is 2.48. The van der Waals surface area contributed by atoms with Gasteiger partial charge in [0.1, 0.15) is 5.75 Å². The Labute approximate surface area is 161 Å². The van der Waals surface area contributed by atoms with Crippen LogP contribution < -0.4 is 4.74 Å². The molecule has 0 saturated carbocycles. The van der Waals surface area contributed by atoms with Crippen molar-refractivity contribution in [2.75, 3.05) is 26.2 Å². The minimum Gasteiger partial charge on any atom is -0.494 e. The van der Waals surface area contributed by atoms with Crippen molar-refractivity contribution >= 4 is 12.0 Å². The molecule has 0 aromatic heterocycles. The SMILES string of the molecule is C[C@H]1Cc2cc(OCCCC(F)(F)F)ccc2C=C1CN1CC(O)(C(=O)O)C1. The Morgan fingerprint density at radius 2 is 2.07 bits per heavy atom. The van der Waals surface area contributed by atoms with Crippen molar-refractivity contribution in [3.63, 3.8) is 0 Å². The number of hydrogen-bond donors (Lipinski definition) is 2. The van der Waals surface area contributed by atoms with Crippen LogP contribution in [-0.4, -0.2) is 59.1 Å². The van der Waals surface area contributed by atoms with Gasteiger partial charge >= 0.3 is 12.1 Å². The maximum atomic E-state index is 12.2. The van der Waals surface area contributed by atoms with Crippen LogP contribution in [0.1, 0.15) is 30.9 Å². The monoisotopic (exact) mass is 399 g/mol. The number of carboxylic acid groups (broad SMARTS) is 1. The van der Waals surface area contributed by atoms with E-state index in [1.54, 1.807) is 6.07 Å². The first kappa shape index (κ1) is 20.7. The zero-order valence-electron chi connectivity index (χ0n) is 15.6. The number of nitrogens with zero attached hydrogens (tertiary/aromatic N) is 1. The molecule has 1 aliphatic carbocycles. The number of benzene rings is 1. The predicted octanol–water partition coefficient (Wildman–Crippen LogP) is 3.11. The fourth-order valence-electron chi connectivity index (χ4n) is 3.66. The minimum absolute atomic E-state index is 0.0242. The zero-order valence-corrected chi connectivity index (χ0v) is 15.6. The molecular formula is C20H24F3NO4. The number of rotatable bonds is 7. The van der Waals surface area contributed by atoms with Crippen molar-refractivity contribution in [1.82, 2.24) is 4.90 Å². The number of ether oxygens (including phenoxy) is 1. The van der Waals surface area contributed by atoms with Gasteiger partial charge in [-0.3, -0.25) is 4.90 Å². The highest BCUT2D eigenvalue weighted by atomic mass is 19.4. The second-order valence-corrected chi connectivity index (χ2v) is 7.73. The minimum atomic E-state index is -4.16. The first-order valence-electron chi connectivity index (χ1n) is 9.27. The number of hydrogen-bond acceptors (Lipinski definition) is 4. The van der Waals surface area contributed by atoms with Crippen LogP contribution in [0.5, 0.6) is 5.75 Å². The van der Waals surface area contributed by atoms with Crippen molar-refractivity contribution in [3.8, 4) is 5.75 Å². The quantitative estimate of drug-likeness (QED) is 0.690. The molecule has 8 heteroatoms. The first-order valence-corrected chi connectivity index (χ1v) is 9.27. The third-order valence-corrected chi connectivity index (χ3v) is 5.26. The number of carboxylic acids is 1. The van der Waals surface area contributed by atoms with Gasteiger partial charge in [-0.1, -0.05) is 24.6 Å². The highest BCUT2D eigenvalue weighted by molar-refractivity contribution is 5.79. The zero-order chi connectivity index (χ0) is 20.5. The van der Waals surface area contributed by atoms with Gasteiger partial charge < -0.3 is 14.9 Å². The van der Waals surface area contributed by atoms with E-state index in [0.717, 1.165) is 17.5 Å². The third kappa shape index (κ3) is 4.86. The number of halogens is 3. The van der Waals surface area contributed by atoms with Crippen LogP contribution in [0.3, 0.4) is 0 Å². The summed E-state index contributed by atoms with van der Waals surface area (Å²) >= 11 is 0. The summed E-state index contributed by atoms with van der Waals surface area (Å²) < 4.78 is 42.0. The summed E-state index contributed by atoms with van der Waals surface area (Å²) in [7, 11) is 0. The van der Waals surface area contributed by atoms with Gasteiger partial charge in [-0.25, -0.2) is 4.79 Å². The van der Waals surface area contributed by atoms with Gasteiger partial charge in [-0.05, 0) is 42.0 Å². The molecule has 0 amide bonds. The molecular weight excluding hydrogens is 375 g/mol. The fraction of sp³-hybridized carbons (Fsp3) is 0.550. The van der Waals surface area contributed by atoms with E-state index in [1.165, 1.54) is 5.57 Å². The van der Waals surface area contributed by atoms with E-state index >= 15 is 0 Å². The smallest absolute Gasteiger partial charge is 0.389 e. The summed E-state index contributed by atoms with van der Waals surface area (Å²) in [5, 5.41) is 18.8. The predicted molar refractivity (Wildman–Crippen MR) is 97.1 cm³/mol. The Balaban J connectivity index is 1.57. The Morgan fingerprint density at radius 1 is 1.36 bits per heavy atom. The second-order valence-electron chi connectivity index (χ2n) is 7.73. The molecule has 1 aromatic rings. The van der Waals surface area contributed by atoms with E-state index in [0.29, 0.717) is 12.3 Å². The van der Waals surface area contributed by atoms with Gasteiger partial charge in [0.05, 0.1) is 6.61 Å². The Morgan fingerprint density at radius 3 is 2.71 bits per heavy atom. The van der Waals surface area contributed by atoms with Crippen LogP contribution in [0, 0.1) is 5.92 Å². The lowest BCUT2D eigenvalue weighted by molar-refractivity contribution is -0.177. The van der Waals surface area contributed by atoms with Crippen molar-refractivity contribution < 1.29 is 32.9 Å². The molecule has 0 unspecified atom stereocenters. The van der Waals surface area contributed by atoms with E-state index in [-0.39, 0.29) is 32.0 Å². The average molecular weight is 399 g/mol. The third-order valence-electron chi connectivity index (χ3n) is 5.26. The maximum Gasteiger partial charge on any atom is 0.389 e. The summed E-state index contributed by atoms with van der Waals surface area (Å²) in [5.41, 5.74) is 1.63. The lowest BCUT2D eigenvalue weighted by Crippen LogP contribution is -2.66. The molecule has 0 spiro atoms. The number of likely N-dealkylation sites (tertiary alicyclic amines) is 1. The molecule has 2 N–H and O–H groups in total. The van der Waals surface area contributed by atoms with Gasteiger partial charge in [-0.15, -0.1) is 0 Å². The van der Waals surface area contributed by atoms with Crippen LogP contribution in [0.15, 0.2) is 23.8 Å².